The summed E-state index contributed by atoms with van der Waals surface area (Å²) in [5.41, 5.74) is 19.0. The number of rotatable bonds is 5. The summed E-state index contributed by atoms with van der Waals surface area (Å²) in [7, 11) is 1.58. The standard InChI is InChI=1S/C26H24N6O2/c1-29-23(26-31-20-10-16-12-30-13-17(16)11-21(20)32-26)24(33)22(27)15-8-6-14(7-9-15)18-4-2-3-5-19(18)25(28)34/h2-11,30,33H,12-13,27H2,1H3,(H2,28,34)(H,31,32). The number of aliphatic hydroxyl groups is 1. The molecule has 0 atom stereocenters. The zero-order valence-corrected chi connectivity index (χ0v) is 18.6. The van der Waals surface area contributed by atoms with E-state index in [-0.39, 0.29) is 17.2 Å². The summed E-state index contributed by atoms with van der Waals surface area (Å²) in [4.78, 5) is 23.9. The van der Waals surface area contributed by atoms with Gasteiger partial charge in [0.1, 0.15) is 5.71 Å². The normalized spacial score (nSPS) is 14.2. The Bertz CT molecular complexity index is 1440. The van der Waals surface area contributed by atoms with Crippen LogP contribution < -0.4 is 16.8 Å². The number of nitrogens with two attached hydrogens (primary N) is 2. The number of benzene rings is 3. The highest BCUT2D eigenvalue weighted by atomic mass is 16.3. The van der Waals surface area contributed by atoms with E-state index in [1.165, 1.54) is 11.1 Å². The van der Waals surface area contributed by atoms with Crippen molar-refractivity contribution in [1.82, 2.24) is 15.3 Å². The Morgan fingerprint density at radius 1 is 1.03 bits per heavy atom. The number of fused-ring (bicyclic) bond motifs is 2. The van der Waals surface area contributed by atoms with Crippen molar-refractivity contribution >= 4 is 28.3 Å². The number of imidazole rings is 1. The second-order valence-corrected chi connectivity index (χ2v) is 8.15. The number of nitrogens with zero attached hydrogens (tertiary/aromatic N) is 2. The minimum atomic E-state index is -0.493. The molecular weight excluding hydrogens is 428 g/mol. The van der Waals surface area contributed by atoms with E-state index in [1.54, 1.807) is 31.3 Å². The van der Waals surface area contributed by atoms with Gasteiger partial charge in [-0.1, -0.05) is 42.5 Å². The van der Waals surface area contributed by atoms with Crippen LogP contribution in [0.15, 0.2) is 71.4 Å². The summed E-state index contributed by atoms with van der Waals surface area (Å²) in [6, 6.07) is 18.5. The average Bonchev–Trinajstić information content (AvgIpc) is 3.48. The van der Waals surface area contributed by atoms with Gasteiger partial charge in [0.25, 0.3) is 0 Å². The second-order valence-electron chi connectivity index (χ2n) is 8.15. The fourth-order valence-electron chi connectivity index (χ4n) is 4.29. The maximum absolute atomic E-state index is 11.8. The van der Waals surface area contributed by atoms with Crippen LogP contribution in [0.1, 0.15) is 32.9 Å². The number of allylic oxidation sites excluding steroid dienone is 1. The van der Waals surface area contributed by atoms with E-state index in [1.807, 2.05) is 30.3 Å². The van der Waals surface area contributed by atoms with Crippen LogP contribution in [-0.2, 0) is 13.1 Å². The smallest absolute Gasteiger partial charge is 0.249 e. The molecule has 0 bridgehead atoms. The molecule has 4 aromatic rings. The zero-order valence-electron chi connectivity index (χ0n) is 18.6. The number of carbonyl (C=O) groups is 1. The Labute approximate surface area is 196 Å². The molecule has 0 saturated carbocycles. The molecule has 0 unspecified atom stereocenters. The molecule has 34 heavy (non-hydrogen) atoms. The minimum Gasteiger partial charge on any atom is -0.504 e. The molecule has 0 fully saturated rings. The predicted octanol–water partition coefficient (Wildman–Crippen LogP) is 3.24. The van der Waals surface area contributed by atoms with E-state index in [0.29, 0.717) is 17.0 Å². The third-order valence-electron chi connectivity index (χ3n) is 6.06. The molecule has 0 saturated heterocycles. The van der Waals surface area contributed by atoms with Crippen LogP contribution in [0.5, 0.6) is 0 Å². The van der Waals surface area contributed by atoms with Gasteiger partial charge in [0, 0.05) is 31.3 Å². The largest absolute Gasteiger partial charge is 0.504 e. The first kappa shape index (κ1) is 21.4. The minimum absolute atomic E-state index is 0.166. The van der Waals surface area contributed by atoms with Crippen LogP contribution in [0, 0.1) is 0 Å². The first-order valence-electron chi connectivity index (χ1n) is 10.8. The summed E-state index contributed by atoms with van der Waals surface area (Å²) in [5, 5.41) is 14.3. The van der Waals surface area contributed by atoms with Crippen molar-refractivity contribution in [3.05, 3.63) is 94.5 Å². The Hall–Kier alpha value is -4.43. The highest BCUT2D eigenvalue weighted by molar-refractivity contribution is 6.13. The molecular formula is C26H24N6O2. The molecule has 8 nitrogen and oxygen atoms in total. The molecule has 170 valence electrons. The van der Waals surface area contributed by atoms with Gasteiger partial charge >= 0.3 is 0 Å². The van der Waals surface area contributed by atoms with Gasteiger partial charge < -0.3 is 26.9 Å². The molecule has 5 rings (SSSR count). The Balaban J connectivity index is 1.48. The van der Waals surface area contributed by atoms with E-state index in [2.05, 4.69) is 26.3 Å². The number of nitrogens with one attached hydrogen (secondary N) is 2. The fraction of sp³-hybridized carbons (Fsp3) is 0.115. The number of carbonyl (C=O) groups excluding carboxylic acids is 1. The number of primary amides is 1. The number of hydrogen-bond acceptors (Lipinski definition) is 6. The van der Waals surface area contributed by atoms with Gasteiger partial charge in [-0.05, 0) is 40.5 Å². The molecule has 1 amide bonds. The van der Waals surface area contributed by atoms with Crippen LogP contribution in [0.4, 0.5) is 0 Å². The number of H-pyrrole nitrogens is 1. The van der Waals surface area contributed by atoms with Gasteiger partial charge in [-0.2, -0.15) is 0 Å². The highest BCUT2D eigenvalue weighted by Gasteiger charge is 2.19. The van der Waals surface area contributed by atoms with Gasteiger partial charge in [-0.3, -0.25) is 9.79 Å². The van der Waals surface area contributed by atoms with E-state index >= 15 is 0 Å². The molecule has 1 aliphatic heterocycles. The molecule has 2 heterocycles. The van der Waals surface area contributed by atoms with E-state index in [4.69, 9.17) is 11.5 Å². The lowest BCUT2D eigenvalue weighted by molar-refractivity contribution is 0.100. The Morgan fingerprint density at radius 2 is 1.74 bits per heavy atom. The van der Waals surface area contributed by atoms with Crippen LogP contribution in [0.3, 0.4) is 0 Å². The SMILES string of the molecule is CN=C(C(O)=C(N)c1ccc(-c2ccccc2C(N)=O)cc1)c1nc2cc3c(cc2[nH]1)CNC3. The van der Waals surface area contributed by atoms with Gasteiger partial charge in [0.2, 0.25) is 5.91 Å². The molecule has 3 aromatic carbocycles. The maximum atomic E-state index is 11.8. The fourth-order valence-corrected chi connectivity index (χ4v) is 4.29. The number of aromatic amines is 1. The summed E-state index contributed by atoms with van der Waals surface area (Å²) in [5.74, 6) is -0.213. The molecule has 0 spiro atoms. The lowest BCUT2D eigenvalue weighted by atomic mass is 9.97. The van der Waals surface area contributed by atoms with Crippen molar-refractivity contribution < 1.29 is 9.90 Å². The molecule has 0 radical (unpaired) electrons. The van der Waals surface area contributed by atoms with Crippen LogP contribution in [0.25, 0.3) is 27.9 Å². The van der Waals surface area contributed by atoms with Crippen molar-refractivity contribution in [2.75, 3.05) is 7.05 Å². The highest BCUT2D eigenvalue weighted by Crippen LogP contribution is 2.26. The average molecular weight is 453 g/mol. The molecule has 1 aliphatic rings. The maximum Gasteiger partial charge on any atom is 0.249 e. The van der Waals surface area contributed by atoms with Crippen LogP contribution >= 0.6 is 0 Å². The molecule has 0 aliphatic carbocycles. The van der Waals surface area contributed by atoms with Gasteiger partial charge in [-0.15, -0.1) is 0 Å². The predicted molar refractivity (Wildman–Crippen MR) is 133 cm³/mol. The van der Waals surface area contributed by atoms with Crippen LogP contribution in [0.2, 0.25) is 0 Å². The molecule has 1 aromatic heterocycles. The topological polar surface area (TPSA) is 142 Å². The number of aliphatic imine (C=N–C) groups is 1. The van der Waals surface area contributed by atoms with E-state index in [0.717, 1.165) is 35.2 Å². The van der Waals surface area contributed by atoms with Crippen molar-refractivity contribution in [3.8, 4) is 11.1 Å². The number of aliphatic hydroxyl groups excluding tert-OH is 1. The second kappa shape index (κ2) is 8.49. The summed E-state index contributed by atoms with van der Waals surface area (Å²) >= 11 is 0. The third kappa shape index (κ3) is 3.70. The lowest BCUT2D eigenvalue weighted by Gasteiger charge is -2.10. The van der Waals surface area contributed by atoms with E-state index < -0.39 is 5.91 Å². The van der Waals surface area contributed by atoms with Crippen molar-refractivity contribution in [2.24, 2.45) is 16.5 Å². The van der Waals surface area contributed by atoms with Crippen molar-refractivity contribution in [2.45, 2.75) is 13.1 Å². The van der Waals surface area contributed by atoms with Crippen LogP contribution in [-0.4, -0.2) is 33.7 Å². The summed E-state index contributed by atoms with van der Waals surface area (Å²) < 4.78 is 0. The Morgan fingerprint density at radius 3 is 2.44 bits per heavy atom. The van der Waals surface area contributed by atoms with Gasteiger partial charge in [0.15, 0.2) is 11.6 Å². The summed E-state index contributed by atoms with van der Waals surface area (Å²) in [6.07, 6.45) is 0. The third-order valence-corrected chi connectivity index (χ3v) is 6.06. The first-order chi connectivity index (χ1) is 16.5. The quantitative estimate of drug-likeness (QED) is 0.233. The van der Waals surface area contributed by atoms with Crippen molar-refractivity contribution in [1.29, 1.82) is 0 Å². The first-order valence-corrected chi connectivity index (χ1v) is 10.8. The monoisotopic (exact) mass is 452 g/mol. The number of aromatic nitrogens is 2. The van der Waals surface area contributed by atoms with Gasteiger partial charge in [-0.25, -0.2) is 4.98 Å². The van der Waals surface area contributed by atoms with E-state index in [9.17, 15) is 9.90 Å². The van der Waals surface area contributed by atoms with Gasteiger partial charge in [0.05, 0.1) is 16.7 Å². The Kier molecular flexibility index (Phi) is 5.35. The van der Waals surface area contributed by atoms with Crippen molar-refractivity contribution in [3.63, 3.8) is 0 Å². The zero-order chi connectivity index (χ0) is 23.8. The lowest BCUT2D eigenvalue weighted by Crippen LogP contribution is -2.13. The molecule has 7 N–H and O–H groups in total. The summed E-state index contributed by atoms with van der Waals surface area (Å²) in [6.45, 7) is 1.65. The molecule has 8 heteroatoms. The number of hydrogen-bond donors (Lipinski definition) is 5. The number of amides is 1.